The number of rotatable bonds is 6. The molecule has 0 fully saturated rings. The number of ether oxygens (including phenoxy) is 2. The van der Waals surface area contributed by atoms with Crippen LogP contribution < -0.4 is 14.8 Å². The Bertz CT molecular complexity index is 342. The van der Waals surface area contributed by atoms with Crippen LogP contribution in [-0.2, 0) is 6.54 Å². The van der Waals surface area contributed by atoms with Crippen molar-refractivity contribution >= 4 is 11.6 Å². The van der Waals surface area contributed by atoms with Crippen LogP contribution in [0.5, 0.6) is 11.5 Å². The summed E-state index contributed by atoms with van der Waals surface area (Å²) in [5.74, 6) is 1.30. The number of halogens is 1. The Hall–Kier alpha value is -0.930. The maximum Gasteiger partial charge on any atom is 0.179 e. The molecule has 0 saturated heterocycles. The molecule has 1 aromatic carbocycles. The zero-order valence-electron chi connectivity index (χ0n) is 9.97. The maximum absolute atomic E-state index is 6.12. The van der Waals surface area contributed by atoms with E-state index < -0.39 is 0 Å². The van der Waals surface area contributed by atoms with Crippen LogP contribution in [0, 0.1) is 0 Å². The molecule has 0 aliphatic rings. The molecule has 1 aromatic rings. The molecule has 0 heterocycles. The summed E-state index contributed by atoms with van der Waals surface area (Å²) in [7, 11) is 1.59. The van der Waals surface area contributed by atoms with E-state index in [0.29, 0.717) is 23.1 Å². The summed E-state index contributed by atoms with van der Waals surface area (Å²) in [5.41, 5.74) is 1.09. The molecule has 0 aliphatic carbocycles. The Morgan fingerprint density at radius 1 is 1.31 bits per heavy atom. The van der Waals surface area contributed by atoms with Crippen LogP contribution >= 0.6 is 11.6 Å². The van der Waals surface area contributed by atoms with Crippen LogP contribution in [0.3, 0.4) is 0 Å². The van der Waals surface area contributed by atoms with E-state index in [1.54, 1.807) is 7.11 Å². The van der Waals surface area contributed by atoms with Crippen LogP contribution in [0.1, 0.15) is 19.4 Å². The highest BCUT2D eigenvalue weighted by Crippen LogP contribution is 2.36. The lowest BCUT2D eigenvalue weighted by Crippen LogP contribution is -2.12. The lowest BCUT2D eigenvalue weighted by atomic mass is 10.2. The van der Waals surface area contributed by atoms with Gasteiger partial charge in [0.1, 0.15) is 0 Å². The van der Waals surface area contributed by atoms with Crippen molar-refractivity contribution < 1.29 is 9.47 Å². The fraction of sp³-hybridized carbons (Fsp3) is 0.500. The van der Waals surface area contributed by atoms with E-state index in [-0.39, 0.29) is 0 Å². The van der Waals surface area contributed by atoms with Crippen LogP contribution in [0.25, 0.3) is 0 Å². The third-order valence-corrected chi connectivity index (χ3v) is 2.43. The first-order valence-electron chi connectivity index (χ1n) is 5.42. The predicted octanol–water partition coefficient (Wildman–Crippen LogP) is 2.86. The lowest BCUT2D eigenvalue weighted by molar-refractivity contribution is 0.310. The molecule has 0 unspecified atom stereocenters. The second-order valence-electron chi connectivity index (χ2n) is 3.32. The Balaban J connectivity index is 2.97. The SMILES string of the molecule is CCNCc1cc(Cl)c(OC)c(OCC)c1. The summed E-state index contributed by atoms with van der Waals surface area (Å²) >= 11 is 6.12. The van der Waals surface area contributed by atoms with Crippen LogP contribution in [0.15, 0.2) is 12.1 Å². The molecule has 16 heavy (non-hydrogen) atoms. The molecule has 0 saturated carbocycles. The molecule has 0 radical (unpaired) electrons. The van der Waals surface area contributed by atoms with Crippen LogP contribution in [-0.4, -0.2) is 20.3 Å². The molecule has 0 bridgehead atoms. The zero-order chi connectivity index (χ0) is 12.0. The largest absolute Gasteiger partial charge is 0.491 e. The van der Waals surface area contributed by atoms with Gasteiger partial charge in [-0.1, -0.05) is 18.5 Å². The van der Waals surface area contributed by atoms with Gasteiger partial charge in [-0.05, 0) is 31.2 Å². The topological polar surface area (TPSA) is 30.5 Å². The average Bonchev–Trinajstić information content (AvgIpc) is 2.26. The van der Waals surface area contributed by atoms with E-state index in [2.05, 4.69) is 12.2 Å². The molecule has 0 aliphatic heterocycles. The van der Waals surface area contributed by atoms with Gasteiger partial charge in [-0.3, -0.25) is 0 Å². The first kappa shape index (κ1) is 13.1. The van der Waals surface area contributed by atoms with Crippen molar-refractivity contribution in [3.05, 3.63) is 22.7 Å². The Labute approximate surface area is 102 Å². The van der Waals surface area contributed by atoms with E-state index in [0.717, 1.165) is 18.7 Å². The summed E-state index contributed by atoms with van der Waals surface area (Å²) in [6.45, 7) is 6.30. The second-order valence-corrected chi connectivity index (χ2v) is 3.73. The molecule has 3 nitrogen and oxygen atoms in total. The monoisotopic (exact) mass is 243 g/mol. The highest BCUT2D eigenvalue weighted by Gasteiger charge is 2.10. The molecule has 0 aromatic heterocycles. The van der Waals surface area contributed by atoms with E-state index in [4.69, 9.17) is 21.1 Å². The zero-order valence-corrected chi connectivity index (χ0v) is 10.7. The van der Waals surface area contributed by atoms with Crippen molar-refractivity contribution in [1.82, 2.24) is 5.32 Å². The average molecular weight is 244 g/mol. The quantitative estimate of drug-likeness (QED) is 0.834. The van der Waals surface area contributed by atoms with Crippen molar-refractivity contribution in [3.8, 4) is 11.5 Å². The van der Waals surface area contributed by atoms with Crippen molar-refractivity contribution in [2.24, 2.45) is 0 Å². The molecular formula is C12H18ClNO2. The minimum absolute atomic E-state index is 0.585. The highest BCUT2D eigenvalue weighted by atomic mass is 35.5. The van der Waals surface area contributed by atoms with Gasteiger partial charge in [0.25, 0.3) is 0 Å². The van der Waals surface area contributed by atoms with Crippen molar-refractivity contribution in [2.75, 3.05) is 20.3 Å². The summed E-state index contributed by atoms with van der Waals surface area (Å²) in [5, 5.41) is 3.83. The van der Waals surface area contributed by atoms with E-state index >= 15 is 0 Å². The smallest absolute Gasteiger partial charge is 0.179 e. The third kappa shape index (κ3) is 3.29. The molecule has 0 atom stereocenters. The summed E-state index contributed by atoms with van der Waals surface area (Å²) in [6, 6.07) is 3.85. The minimum Gasteiger partial charge on any atom is -0.491 e. The highest BCUT2D eigenvalue weighted by molar-refractivity contribution is 6.32. The molecular weight excluding hydrogens is 226 g/mol. The van der Waals surface area contributed by atoms with Crippen LogP contribution in [0.2, 0.25) is 5.02 Å². The van der Waals surface area contributed by atoms with Gasteiger partial charge in [0.2, 0.25) is 0 Å². The number of methoxy groups -OCH3 is 1. The molecule has 0 amide bonds. The van der Waals surface area contributed by atoms with Gasteiger partial charge in [-0.15, -0.1) is 0 Å². The molecule has 4 heteroatoms. The van der Waals surface area contributed by atoms with Crippen molar-refractivity contribution in [2.45, 2.75) is 20.4 Å². The Kier molecular flexibility index (Phi) is 5.43. The van der Waals surface area contributed by atoms with Gasteiger partial charge >= 0.3 is 0 Å². The Morgan fingerprint density at radius 3 is 2.62 bits per heavy atom. The second kappa shape index (κ2) is 6.61. The van der Waals surface area contributed by atoms with Crippen LogP contribution in [0.4, 0.5) is 0 Å². The third-order valence-electron chi connectivity index (χ3n) is 2.15. The van der Waals surface area contributed by atoms with Gasteiger partial charge in [0, 0.05) is 6.54 Å². The van der Waals surface area contributed by atoms with Crippen molar-refractivity contribution in [1.29, 1.82) is 0 Å². The minimum atomic E-state index is 0.585. The van der Waals surface area contributed by atoms with Gasteiger partial charge in [-0.25, -0.2) is 0 Å². The Morgan fingerprint density at radius 2 is 2.06 bits per heavy atom. The maximum atomic E-state index is 6.12. The van der Waals surface area contributed by atoms with Gasteiger partial charge < -0.3 is 14.8 Å². The molecule has 1 rings (SSSR count). The normalized spacial score (nSPS) is 10.2. The molecule has 0 spiro atoms. The first-order valence-corrected chi connectivity index (χ1v) is 5.80. The standard InChI is InChI=1S/C12H18ClNO2/c1-4-14-8-9-6-10(13)12(15-3)11(7-9)16-5-2/h6-7,14H,4-5,8H2,1-3H3. The number of nitrogens with one attached hydrogen (secondary N) is 1. The molecule has 1 N–H and O–H groups in total. The fourth-order valence-corrected chi connectivity index (χ4v) is 1.76. The van der Waals surface area contributed by atoms with Gasteiger partial charge in [0.15, 0.2) is 11.5 Å². The summed E-state index contributed by atoms with van der Waals surface area (Å²) in [4.78, 5) is 0. The van der Waals surface area contributed by atoms with E-state index in [1.807, 2.05) is 19.1 Å². The van der Waals surface area contributed by atoms with Crippen molar-refractivity contribution in [3.63, 3.8) is 0 Å². The van der Waals surface area contributed by atoms with Gasteiger partial charge in [0.05, 0.1) is 18.7 Å². The van der Waals surface area contributed by atoms with E-state index in [1.165, 1.54) is 0 Å². The summed E-state index contributed by atoms with van der Waals surface area (Å²) in [6.07, 6.45) is 0. The molecule has 90 valence electrons. The first-order chi connectivity index (χ1) is 7.72. The number of benzene rings is 1. The van der Waals surface area contributed by atoms with E-state index in [9.17, 15) is 0 Å². The summed E-state index contributed by atoms with van der Waals surface area (Å²) < 4.78 is 10.7. The number of hydrogen-bond acceptors (Lipinski definition) is 3. The van der Waals surface area contributed by atoms with Gasteiger partial charge in [-0.2, -0.15) is 0 Å². The fourth-order valence-electron chi connectivity index (χ4n) is 1.45. The number of hydrogen-bond donors (Lipinski definition) is 1. The predicted molar refractivity (Wildman–Crippen MR) is 66.6 cm³/mol. The lowest BCUT2D eigenvalue weighted by Gasteiger charge is -2.13.